The van der Waals surface area contributed by atoms with Crippen LogP contribution in [0.2, 0.25) is 0 Å². The minimum Gasteiger partial charge on any atom is -0.497 e. The lowest BCUT2D eigenvalue weighted by atomic mass is 9.50. The van der Waals surface area contributed by atoms with E-state index in [1.54, 1.807) is 7.11 Å². The van der Waals surface area contributed by atoms with E-state index in [1.807, 2.05) is 24.3 Å². The van der Waals surface area contributed by atoms with Crippen LogP contribution in [0.15, 0.2) is 42.5 Å². The summed E-state index contributed by atoms with van der Waals surface area (Å²) in [6, 6.07) is 14.7. The van der Waals surface area contributed by atoms with Gasteiger partial charge in [0, 0.05) is 11.4 Å². The maximum absolute atomic E-state index is 12.7. The van der Waals surface area contributed by atoms with Crippen molar-refractivity contribution in [1.29, 1.82) is 0 Å². The average molecular weight is 394 g/mol. The number of anilines is 2. The zero-order valence-electron chi connectivity index (χ0n) is 17.9. The van der Waals surface area contributed by atoms with Gasteiger partial charge in [-0.1, -0.05) is 19.4 Å². The lowest BCUT2D eigenvalue weighted by Crippen LogP contribution is -2.52. The van der Waals surface area contributed by atoms with Gasteiger partial charge in [0.2, 0.25) is 0 Å². The Morgan fingerprint density at radius 3 is 2.45 bits per heavy atom. The van der Waals surface area contributed by atoms with Crippen molar-refractivity contribution < 1.29 is 14.3 Å². The van der Waals surface area contributed by atoms with E-state index in [9.17, 15) is 4.79 Å². The molecule has 0 heterocycles. The third-order valence-electron chi connectivity index (χ3n) is 7.38. The molecule has 1 unspecified atom stereocenters. The Morgan fingerprint density at radius 2 is 1.76 bits per heavy atom. The third-order valence-corrected chi connectivity index (χ3v) is 7.38. The zero-order valence-corrected chi connectivity index (χ0v) is 17.9. The fourth-order valence-electron chi connectivity index (χ4n) is 5.89. The predicted octanol–water partition coefficient (Wildman–Crippen LogP) is 5.62. The molecule has 2 aromatic carbocycles. The number of benzene rings is 2. The summed E-state index contributed by atoms with van der Waals surface area (Å²) in [5.41, 5.74) is 4.58. The van der Waals surface area contributed by atoms with Gasteiger partial charge in [-0.25, -0.2) is 0 Å². The van der Waals surface area contributed by atoms with Crippen molar-refractivity contribution in [3.63, 3.8) is 0 Å². The molecule has 0 radical (unpaired) electrons. The molecule has 3 atom stereocenters. The SMILES string of the molecule is COC(=O)[C@]1(C)CCC[C@]2(C)c3ccc(Nc4ccc(OC)cc4)cc3CCC12. The maximum Gasteiger partial charge on any atom is 0.311 e. The van der Waals surface area contributed by atoms with Gasteiger partial charge in [0.05, 0.1) is 19.6 Å². The van der Waals surface area contributed by atoms with Crippen LogP contribution in [-0.4, -0.2) is 20.2 Å². The van der Waals surface area contributed by atoms with Gasteiger partial charge in [0.25, 0.3) is 0 Å². The number of hydrogen-bond acceptors (Lipinski definition) is 4. The second-order valence-electron chi connectivity index (χ2n) is 9.00. The summed E-state index contributed by atoms with van der Waals surface area (Å²) < 4.78 is 10.5. The molecule has 2 aliphatic rings. The summed E-state index contributed by atoms with van der Waals surface area (Å²) in [5, 5.41) is 3.50. The Kier molecular flexibility index (Phi) is 5.05. The number of esters is 1. The normalized spacial score (nSPS) is 28.1. The van der Waals surface area contributed by atoms with Gasteiger partial charge in [-0.2, -0.15) is 0 Å². The van der Waals surface area contributed by atoms with Gasteiger partial charge >= 0.3 is 5.97 Å². The number of aryl methyl sites for hydroxylation is 1. The highest BCUT2D eigenvalue weighted by Crippen LogP contribution is 2.57. The number of ether oxygens (including phenoxy) is 2. The molecule has 1 saturated carbocycles. The Labute approximate surface area is 173 Å². The third kappa shape index (κ3) is 3.29. The molecule has 0 spiro atoms. The molecule has 1 N–H and O–H groups in total. The summed E-state index contributed by atoms with van der Waals surface area (Å²) in [4.78, 5) is 12.7. The number of rotatable bonds is 4. The first-order valence-electron chi connectivity index (χ1n) is 10.5. The molecular formula is C25H31NO3. The second-order valence-corrected chi connectivity index (χ2v) is 9.00. The van der Waals surface area contributed by atoms with Crippen molar-refractivity contribution in [2.24, 2.45) is 11.3 Å². The first-order chi connectivity index (χ1) is 13.9. The number of hydrogen-bond donors (Lipinski definition) is 1. The van der Waals surface area contributed by atoms with Crippen LogP contribution >= 0.6 is 0 Å². The van der Waals surface area contributed by atoms with Gasteiger partial charge in [0.1, 0.15) is 5.75 Å². The van der Waals surface area contributed by atoms with E-state index < -0.39 is 0 Å². The quantitative estimate of drug-likeness (QED) is 0.685. The molecule has 2 aromatic rings. The minimum atomic E-state index is -0.389. The van der Waals surface area contributed by atoms with Crippen LogP contribution in [0.25, 0.3) is 0 Å². The van der Waals surface area contributed by atoms with Crippen molar-refractivity contribution in [2.45, 2.75) is 51.4 Å². The van der Waals surface area contributed by atoms with E-state index in [-0.39, 0.29) is 16.8 Å². The molecule has 4 rings (SSSR count). The number of fused-ring (bicyclic) bond motifs is 3. The lowest BCUT2D eigenvalue weighted by Gasteiger charge is -2.54. The highest BCUT2D eigenvalue weighted by Gasteiger charge is 2.55. The monoisotopic (exact) mass is 393 g/mol. The molecule has 4 nitrogen and oxygen atoms in total. The molecule has 0 aromatic heterocycles. The van der Waals surface area contributed by atoms with E-state index in [0.29, 0.717) is 5.92 Å². The first-order valence-corrected chi connectivity index (χ1v) is 10.5. The highest BCUT2D eigenvalue weighted by molar-refractivity contribution is 5.77. The summed E-state index contributed by atoms with van der Waals surface area (Å²) >= 11 is 0. The molecule has 1 fully saturated rings. The molecule has 0 aliphatic heterocycles. The Bertz CT molecular complexity index is 907. The van der Waals surface area contributed by atoms with Gasteiger partial charge in [-0.05, 0) is 91.5 Å². The molecule has 0 amide bonds. The van der Waals surface area contributed by atoms with Crippen LogP contribution in [0.5, 0.6) is 5.75 Å². The van der Waals surface area contributed by atoms with E-state index in [0.717, 1.165) is 49.2 Å². The summed E-state index contributed by atoms with van der Waals surface area (Å²) in [7, 11) is 3.20. The second kappa shape index (κ2) is 7.40. The van der Waals surface area contributed by atoms with Crippen LogP contribution in [0.4, 0.5) is 11.4 Å². The zero-order chi connectivity index (χ0) is 20.6. The Hall–Kier alpha value is -2.49. The smallest absolute Gasteiger partial charge is 0.311 e. The van der Waals surface area contributed by atoms with Gasteiger partial charge in [-0.15, -0.1) is 0 Å². The maximum atomic E-state index is 12.7. The van der Waals surface area contributed by atoms with Crippen molar-refractivity contribution in [2.75, 3.05) is 19.5 Å². The fraction of sp³-hybridized carbons (Fsp3) is 0.480. The Balaban J connectivity index is 1.63. The van der Waals surface area contributed by atoms with E-state index >= 15 is 0 Å². The number of carbonyl (C=O) groups is 1. The van der Waals surface area contributed by atoms with Crippen LogP contribution in [0.1, 0.15) is 50.7 Å². The lowest BCUT2D eigenvalue weighted by molar-refractivity contribution is -0.161. The van der Waals surface area contributed by atoms with E-state index in [1.165, 1.54) is 18.2 Å². The van der Waals surface area contributed by atoms with E-state index in [4.69, 9.17) is 9.47 Å². The average Bonchev–Trinajstić information content (AvgIpc) is 2.73. The summed E-state index contributed by atoms with van der Waals surface area (Å²) in [5.74, 6) is 1.13. The fourth-order valence-corrected chi connectivity index (χ4v) is 5.89. The Morgan fingerprint density at radius 1 is 1.03 bits per heavy atom. The van der Waals surface area contributed by atoms with E-state index in [2.05, 4.69) is 37.4 Å². The van der Waals surface area contributed by atoms with Crippen LogP contribution in [0, 0.1) is 11.3 Å². The first kappa shape index (κ1) is 19.8. The number of carbonyl (C=O) groups excluding carboxylic acids is 1. The number of methoxy groups -OCH3 is 2. The molecule has 2 aliphatic carbocycles. The largest absolute Gasteiger partial charge is 0.497 e. The topological polar surface area (TPSA) is 47.6 Å². The molecule has 29 heavy (non-hydrogen) atoms. The van der Waals surface area contributed by atoms with Crippen LogP contribution in [0.3, 0.4) is 0 Å². The molecule has 4 heteroatoms. The van der Waals surface area contributed by atoms with Crippen molar-refractivity contribution >= 4 is 17.3 Å². The van der Waals surface area contributed by atoms with Gasteiger partial charge in [0.15, 0.2) is 0 Å². The standard InChI is InChI=1S/C25H31NO3/c1-24-14-5-15-25(2,23(27)29-4)22(24)13-6-17-16-19(9-12-21(17)24)26-18-7-10-20(28-3)11-8-18/h7-12,16,22,26H,5-6,13-15H2,1-4H3/t22?,24-,25-/m1/s1. The van der Waals surface area contributed by atoms with Crippen molar-refractivity contribution in [3.05, 3.63) is 53.6 Å². The number of nitrogens with one attached hydrogen (secondary N) is 1. The summed E-state index contributed by atoms with van der Waals surface area (Å²) in [6.07, 6.45) is 5.14. The van der Waals surface area contributed by atoms with Crippen molar-refractivity contribution in [3.8, 4) is 5.75 Å². The minimum absolute atomic E-state index is 0.0212. The molecule has 0 bridgehead atoms. The molecule has 154 valence electrons. The van der Waals surface area contributed by atoms with Gasteiger partial charge < -0.3 is 14.8 Å². The predicted molar refractivity (Wildman–Crippen MR) is 116 cm³/mol. The van der Waals surface area contributed by atoms with Gasteiger partial charge in [-0.3, -0.25) is 4.79 Å². The molecular weight excluding hydrogens is 362 g/mol. The van der Waals surface area contributed by atoms with Crippen molar-refractivity contribution in [1.82, 2.24) is 0 Å². The summed E-state index contributed by atoms with van der Waals surface area (Å²) in [6.45, 7) is 4.47. The molecule has 0 saturated heterocycles. The van der Waals surface area contributed by atoms with Crippen LogP contribution in [-0.2, 0) is 21.4 Å². The van der Waals surface area contributed by atoms with Crippen LogP contribution < -0.4 is 10.1 Å². The highest BCUT2D eigenvalue weighted by atomic mass is 16.5.